The lowest BCUT2D eigenvalue weighted by atomic mass is 10.3. The van der Waals surface area contributed by atoms with Crippen molar-refractivity contribution in [2.24, 2.45) is 0 Å². The van der Waals surface area contributed by atoms with Crippen molar-refractivity contribution in [3.8, 4) is 16.9 Å². The molecule has 5 heteroatoms. The number of aromatic nitrogens is 1. The minimum absolute atomic E-state index is 0.188. The summed E-state index contributed by atoms with van der Waals surface area (Å²) in [5.41, 5.74) is 0.283. The van der Waals surface area contributed by atoms with E-state index < -0.39 is 0 Å². The quantitative estimate of drug-likeness (QED) is 0.802. The Morgan fingerprint density at radius 2 is 2.07 bits per heavy atom. The van der Waals surface area contributed by atoms with Crippen LogP contribution in [0.1, 0.15) is 5.56 Å². The Morgan fingerprint density at radius 1 is 1.33 bits per heavy atom. The highest BCUT2D eigenvalue weighted by molar-refractivity contribution is 7.08. The lowest BCUT2D eigenvalue weighted by molar-refractivity contribution is 0.495. The third-order valence-electron chi connectivity index (χ3n) is 1.68. The number of para-hydroxylation sites is 1. The molecule has 0 radical (unpaired) electrons. The summed E-state index contributed by atoms with van der Waals surface area (Å²) < 4.78 is 9.31. The Kier molecular flexibility index (Phi) is 2.86. The van der Waals surface area contributed by atoms with Crippen LogP contribution in [-0.2, 0) is 0 Å². The van der Waals surface area contributed by atoms with Crippen molar-refractivity contribution in [2.45, 2.75) is 0 Å². The van der Waals surface area contributed by atoms with E-state index in [4.69, 9.17) is 21.6 Å². The molecule has 0 saturated carbocycles. The van der Waals surface area contributed by atoms with E-state index in [0.29, 0.717) is 10.8 Å². The van der Waals surface area contributed by atoms with Crippen LogP contribution in [0.5, 0.6) is 10.8 Å². The fraction of sp³-hybridized carbons (Fsp3) is 0. The third-order valence-corrected chi connectivity index (χ3v) is 2.79. The van der Waals surface area contributed by atoms with Gasteiger partial charge in [-0.15, -0.1) is 0 Å². The molecule has 0 bridgehead atoms. The Bertz CT molecular complexity index is 504. The average molecular weight is 237 g/mol. The smallest absolute Gasteiger partial charge is 0.219 e. The number of ether oxygens (including phenoxy) is 1. The maximum atomic E-state index is 8.82. The number of nitriles is 1. The first-order valence-electron chi connectivity index (χ1n) is 4.09. The minimum atomic E-state index is 0.188. The molecule has 2 aromatic rings. The van der Waals surface area contributed by atoms with E-state index in [-0.39, 0.29) is 10.7 Å². The third kappa shape index (κ3) is 2.09. The summed E-state index contributed by atoms with van der Waals surface area (Å²) in [5.74, 6) is 0.661. The van der Waals surface area contributed by atoms with Crippen LogP contribution in [0, 0.1) is 11.3 Å². The molecule has 0 aliphatic heterocycles. The van der Waals surface area contributed by atoms with Gasteiger partial charge in [0.2, 0.25) is 5.06 Å². The van der Waals surface area contributed by atoms with Crippen LogP contribution in [0.15, 0.2) is 30.3 Å². The highest BCUT2D eigenvalue weighted by atomic mass is 35.5. The zero-order chi connectivity index (χ0) is 10.7. The molecule has 2 rings (SSSR count). The first-order chi connectivity index (χ1) is 7.31. The summed E-state index contributed by atoms with van der Waals surface area (Å²) in [5, 5.41) is 9.43. The molecule has 0 amide bonds. The maximum absolute atomic E-state index is 8.82. The summed E-state index contributed by atoms with van der Waals surface area (Å²) >= 11 is 6.78. The molecule has 0 spiro atoms. The van der Waals surface area contributed by atoms with Gasteiger partial charge >= 0.3 is 0 Å². The number of halogens is 1. The van der Waals surface area contributed by atoms with E-state index in [0.717, 1.165) is 11.5 Å². The monoisotopic (exact) mass is 236 g/mol. The first kappa shape index (κ1) is 9.97. The minimum Gasteiger partial charge on any atom is -0.444 e. The SMILES string of the molecule is N#Cc1c(Cl)nsc1Oc1ccccc1. The highest BCUT2D eigenvalue weighted by Gasteiger charge is 2.13. The molecule has 74 valence electrons. The van der Waals surface area contributed by atoms with Crippen molar-refractivity contribution in [3.63, 3.8) is 0 Å². The normalized spacial score (nSPS) is 9.60. The molecule has 1 heterocycles. The van der Waals surface area contributed by atoms with Crippen LogP contribution < -0.4 is 4.74 Å². The van der Waals surface area contributed by atoms with Gasteiger partial charge in [0, 0.05) is 11.5 Å². The van der Waals surface area contributed by atoms with Crippen molar-refractivity contribution in [3.05, 3.63) is 41.0 Å². The van der Waals surface area contributed by atoms with E-state index >= 15 is 0 Å². The second-order valence-corrected chi connectivity index (χ2v) is 3.76. The van der Waals surface area contributed by atoms with Crippen LogP contribution in [0.2, 0.25) is 5.15 Å². The van der Waals surface area contributed by atoms with Crippen molar-refractivity contribution < 1.29 is 4.74 Å². The van der Waals surface area contributed by atoms with E-state index in [1.165, 1.54) is 0 Å². The van der Waals surface area contributed by atoms with Gasteiger partial charge < -0.3 is 4.74 Å². The van der Waals surface area contributed by atoms with Crippen LogP contribution in [-0.4, -0.2) is 4.37 Å². The molecule has 0 aliphatic rings. The number of hydrogen-bond acceptors (Lipinski definition) is 4. The standard InChI is InChI=1S/C10H5ClN2OS/c11-9-8(6-12)10(15-13-9)14-7-4-2-1-3-5-7/h1-5H. The fourth-order valence-corrected chi connectivity index (χ4v) is 1.92. The zero-order valence-electron chi connectivity index (χ0n) is 7.48. The van der Waals surface area contributed by atoms with Gasteiger partial charge in [0.15, 0.2) is 5.15 Å². The summed E-state index contributed by atoms with van der Waals surface area (Å²) in [6.45, 7) is 0. The van der Waals surface area contributed by atoms with Gasteiger partial charge in [0.05, 0.1) is 0 Å². The van der Waals surface area contributed by atoms with Gasteiger partial charge in [-0.3, -0.25) is 0 Å². The molecular weight excluding hydrogens is 232 g/mol. The van der Waals surface area contributed by atoms with E-state index in [2.05, 4.69) is 4.37 Å². The predicted octanol–water partition coefficient (Wildman–Crippen LogP) is 3.46. The Hall–Kier alpha value is -1.57. The molecular formula is C10H5ClN2OS. The number of hydrogen-bond donors (Lipinski definition) is 0. The zero-order valence-corrected chi connectivity index (χ0v) is 9.05. The van der Waals surface area contributed by atoms with Gasteiger partial charge in [-0.1, -0.05) is 29.8 Å². The van der Waals surface area contributed by atoms with Gasteiger partial charge in [-0.25, -0.2) is 0 Å². The van der Waals surface area contributed by atoms with E-state index in [1.807, 2.05) is 24.3 Å². The van der Waals surface area contributed by atoms with Gasteiger partial charge in [0.25, 0.3) is 0 Å². The summed E-state index contributed by atoms with van der Waals surface area (Å²) in [6, 6.07) is 11.1. The second kappa shape index (κ2) is 4.30. The molecule has 0 atom stereocenters. The molecule has 0 unspecified atom stereocenters. The van der Waals surface area contributed by atoms with E-state index in [9.17, 15) is 0 Å². The predicted molar refractivity (Wildman–Crippen MR) is 58.4 cm³/mol. The fourth-order valence-electron chi connectivity index (χ4n) is 1.01. The maximum Gasteiger partial charge on any atom is 0.219 e. The Labute approximate surface area is 95.7 Å². The molecule has 0 saturated heterocycles. The van der Waals surface area contributed by atoms with Gasteiger partial charge in [0.1, 0.15) is 17.4 Å². The summed E-state index contributed by atoms with van der Waals surface area (Å²) in [7, 11) is 0. The van der Waals surface area contributed by atoms with Gasteiger partial charge in [-0.2, -0.15) is 9.64 Å². The van der Waals surface area contributed by atoms with E-state index in [1.54, 1.807) is 12.1 Å². The molecule has 15 heavy (non-hydrogen) atoms. The lowest BCUT2D eigenvalue weighted by Gasteiger charge is -2.00. The largest absolute Gasteiger partial charge is 0.444 e. The second-order valence-electron chi connectivity index (χ2n) is 2.66. The topological polar surface area (TPSA) is 45.9 Å². The summed E-state index contributed by atoms with van der Waals surface area (Å²) in [4.78, 5) is 0. The van der Waals surface area contributed by atoms with Crippen molar-refractivity contribution >= 4 is 23.1 Å². The molecule has 0 fully saturated rings. The Morgan fingerprint density at radius 3 is 2.73 bits per heavy atom. The number of benzene rings is 1. The molecule has 0 aliphatic carbocycles. The number of nitrogens with zero attached hydrogens (tertiary/aromatic N) is 2. The highest BCUT2D eigenvalue weighted by Crippen LogP contribution is 2.33. The number of rotatable bonds is 2. The van der Waals surface area contributed by atoms with Crippen molar-refractivity contribution in [2.75, 3.05) is 0 Å². The van der Waals surface area contributed by atoms with Crippen LogP contribution in [0.4, 0.5) is 0 Å². The molecule has 0 N–H and O–H groups in total. The van der Waals surface area contributed by atoms with Crippen LogP contribution in [0.25, 0.3) is 0 Å². The first-order valence-corrected chi connectivity index (χ1v) is 5.24. The average Bonchev–Trinajstić information content (AvgIpc) is 2.61. The summed E-state index contributed by atoms with van der Waals surface area (Å²) in [6.07, 6.45) is 0. The van der Waals surface area contributed by atoms with Crippen LogP contribution >= 0.6 is 23.1 Å². The lowest BCUT2D eigenvalue weighted by Crippen LogP contribution is -1.82. The van der Waals surface area contributed by atoms with Gasteiger partial charge in [-0.05, 0) is 12.1 Å². The molecule has 1 aromatic carbocycles. The molecule has 3 nitrogen and oxygen atoms in total. The molecule has 1 aromatic heterocycles. The van der Waals surface area contributed by atoms with Crippen LogP contribution in [0.3, 0.4) is 0 Å². The Balaban J connectivity index is 2.30. The van der Waals surface area contributed by atoms with Crippen molar-refractivity contribution in [1.29, 1.82) is 5.26 Å². The van der Waals surface area contributed by atoms with Crippen molar-refractivity contribution in [1.82, 2.24) is 4.37 Å².